The Labute approximate surface area is 122 Å². The molecule has 1 aliphatic rings. The Morgan fingerprint density at radius 2 is 1.65 bits per heavy atom. The number of rotatable bonds is 3. The summed E-state index contributed by atoms with van der Waals surface area (Å²) < 4.78 is 11.7. The molecular formula is C16H15ClO3. The lowest BCUT2D eigenvalue weighted by Gasteiger charge is -2.15. The van der Waals surface area contributed by atoms with Crippen molar-refractivity contribution >= 4 is 11.6 Å². The second-order valence-electron chi connectivity index (χ2n) is 4.68. The first kappa shape index (κ1) is 13.6. The summed E-state index contributed by atoms with van der Waals surface area (Å²) in [6, 6.07) is 17.1. The van der Waals surface area contributed by atoms with Crippen LogP contribution < -0.4 is 0 Å². The van der Waals surface area contributed by atoms with Gasteiger partial charge in [0.15, 0.2) is 6.29 Å². The summed E-state index contributed by atoms with van der Waals surface area (Å²) in [5.41, 5.74) is 1.77. The van der Waals surface area contributed by atoms with Crippen LogP contribution in [0.5, 0.6) is 0 Å². The number of hydrogen-bond donors (Lipinski definition) is 1. The molecule has 2 aromatic rings. The lowest BCUT2D eigenvalue weighted by atomic mass is 10.1. The number of halogens is 1. The van der Waals surface area contributed by atoms with E-state index in [2.05, 4.69) is 0 Å². The van der Waals surface area contributed by atoms with Gasteiger partial charge in [-0.15, -0.1) is 0 Å². The third-order valence-corrected chi connectivity index (χ3v) is 3.71. The van der Waals surface area contributed by atoms with Crippen LogP contribution >= 0.6 is 11.6 Å². The van der Waals surface area contributed by atoms with E-state index in [1.165, 1.54) is 0 Å². The summed E-state index contributed by atoms with van der Waals surface area (Å²) >= 11 is 6.20. The van der Waals surface area contributed by atoms with Crippen LogP contribution in [0, 0.1) is 0 Å². The van der Waals surface area contributed by atoms with Crippen molar-refractivity contribution in [1.82, 2.24) is 0 Å². The number of ether oxygens (including phenoxy) is 2. The number of aliphatic hydroxyl groups is 1. The van der Waals surface area contributed by atoms with Crippen LogP contribution in [0.2, 0.25) is 5.02 Å². The van der Waals surface area contributed by atoms with Crippen molar-refractivity contribution in [3.63, 3.8) is 0 Å². The fourth-order valence-electron chi connectivity index (χ4n) is 2.37. The SMILES string of the molecule is OC[C@H]1O[C@H](c2ccccc2)O[C@@H]1c1ccccc1Cl. The molecule has 0 amide bonds. The minimum atomic E-state index is -0.477. The Morgan fingerprint density at radius 3 is 2.35 bits per heavy atom. The highest BCUT2D eigenvalue weighted by Crippen LogP contribution is 2.41. The summed E-state index contributed by atoms with van der Waals surface area (Å²) in [6.07, 6.45) is -1.26. The van der Waals surface area contributed by atoms with Gasteiger partial charge < -0.3 is 14.6 Å². The Kier molecular flexibility index (Phi) is 4.03. The maximum atomic E-state index is 9.51. The molecule has 1 heterocycles. The quantitative estimate of drug-likeness (QED) is 0.940. The summed E-state index contributed by atoms with van der Waals surface area (Å²) in [5, 5.41) is 10.1. The lowest BCUT2D eigenvalue weighted by molar-refractivity contribution is -0.0739. The van der Waals surface area contributed by atoms with Crippen molar-refractivity contribution in [2.75, 3.05) is 6.61 Å². The maximum absolute atomic E-state index is 9.51. The zero-order chi connectivity index (χ0) is 13.9. The third-order valence-electron chi connectivity index (χ3n) is 3.37. The summed E-state index contributed by atoms with van der Waals surface area (Å²) in [4.78, 5) is 0. The molecule has 1 fully saturated rings. The van der Waals surface area contributed by atoms with E-state index in [-0.39, 0.29) is 12.7 Å². The van der Waals surface area contributed by atoms with Crippen molar-refractivity contribution < 1.29 is 14.6 Å². The van der Waals surface area contributed by atoms with Gasteiger partial charge in [-0.25, -0.2) is 0 Å². The van der Waals surface area contributed by atoms with Gasteiger partial charge in [0, 0.05) is 16.1 Å². The molecule has 1 aliphatic heterocycles. The Morgan fingerprint density at radius 1 is 0.950 bits per heavy atom. The fraction of sp³-hybridized carbons (Fsp3) is 0.250. The van der Waals surface area contributed by atoms with E-state index in [9.17, 15) is 5.11 Å². The third kappa shape index (κ3) is 2.58. The number of hydrogen-bond acceptors (Lipinski definition) is 3. The largest absolute Gasteiger partial charge is 0.394 e. The van der Waals surface area contributed by atoms with Gasteiger partial charge in [-0.1, -0.05) is 60.1 Å². The van der Waals surface area contributed by atoms with Crippen LogP contribution in [-0.2, 0) is 9.47 Å². The molecule has 1 saturated heterocycles. The Bertz CT molecular complexity index is 573. The molecule has 3 atom stereocenters. The molecule has 0 bridgehead atoms. The molecule has 2 aromatic carbocycles. The predicted octanol–water partition coefficient (Wildman–Crippen LogP) is 3.49. The minimum absolute atomic E-state index is 0.112. The van der Waals surface area contributed by atoms with Gasteiger partial charge in [-0.2, -0.15) is 0 Å². The molecule has 20 heavy (non-hydrogen) atoms. The fourth-order valence-corrected chi connectivity index (χ4v) is 2.61. The normalized spacial score (nSPS) is 25.8. The second-order valence-corrected chi connectivity index (χ2v) is 5.09. The molecule has 0 saturated carbocycles. The second kappa shape index (κ2) is 5.94. The van der Waals surface area contributed by atoms with Crippen molar-refractivity contribution in [2.45, 2.75) is 18.5 Å². The standard InChI is InChI=1S/C16H15ClO3/c17-13-9-5-4-8-12(13)15-14(10-18)19-16(20-15)11-6-2-1-3-7-11/h1-9,14-16,18H,10H2/t14-,15-,16+/m1/s1. The van der Waals surface area contributed by atoms with E-state index in [0.717, 1.165) is 11.1 Å². The van der Waals surface area contributed by atoms with Gasteiger partial charge in [-0.05, 0) is 6.07 Å². The molecule has 3 rings (SSSR count). The van der Waals surface area contributed by atoms with E-state index in [1.54, 1.807) is 0 Å². The van der Waals surface area contributed by atoms with E-state index in [1.807, 2.05) is 54.6 Å². The van der Waals surface area contributed by atoms with Crippen LogP contribution in [-0.4, -0.2) is 17.8 Å². The van der Waals surface area contributed by atoms with Gasteiger partial charge in [0.25, 0.3) is 0 Å². The average Bonchev–Trinajstić information content (AvgIpc) is 2.93. The van der Waals surface area contributed by atoms with Gasteiger partial charge in [-0.3, -0.25) is 0 Å². The van der Waals surface area contributed by atoms with Gasteiger partial charge in [0.1, 0.15) is 12.2 Å². The van der Waals surface area contributed by atoms with Gasteiger partial charge >= 0.3 is 0 Å². The molecule has 0 spiro atoms. The van der Waals surface area contributed by atoms with Crippen molar-refractivity contribution in [1.29, 1.82) is 0 Å². The topological polar surface area (TPSA) is 38.7 Å². The van der Waals surface area contributed by atoms with Gasteiger partial charge in [0.2, 0.25) is 0 Å². The Hall–Kier alpha value is -1.39. The van der Waals surface area contributed by atoms with Crippen LogP contribution in [0.25, 0.3) is 0 Å². The smallest absolute Gasteiger partial charge is 0.185 e. The molecule has 104 valence electrons. The van der Waals surface area contributed by atoms with Crippen molar-refractivity contribution in [3.05, 3.63) is 70.7 Å². The molecule has 0 unspecified atom stereocenters. The number of aliphatic hydroxyl groups excluding tert-OH is 1. The maximum Gasteiger partial charge on any atom is 0.185 e. The van der Waals surface area contributed by atoms with Crippen LogP contribution in [0.1, 0.15) is 23.5 Å². The zero-order valence-electron chi connectivity index (χ0n) is 10.8. The molecule has 0 radical (unpaired) electrons. The molecule has 1 N–H and O–H groups in total. The van der Waals surface area contributed by atoms with Crippen LogP contribution in [0.3, 0.4) is 0 Å². The summed E-state index contributed by atoms with van der Waals surface area (Å²) in [6.45, 7) is -0.112. The Balaban J connectivity index is 1.87. The first-order valence-electron chi connectivity index (χ1n) is 6.50. The molecule has 0 aliphatic carbocycles. The number of benzene rings is 2. The van der Waals surface area contributed by atoms with E-state index >= 15 is 0 Å². The average molecular weight is 291 g/mol. The van der Waals surface area contributed by atoms with Crippen molar-refractivity contribution in [2.24, 2.45) is 0 Å². The monoisotopic (exact) mass is 290 g/mol. The lowest BCUT2D eigenvalue weighted by Crippen LogP contribution is -2.19. The van der Waals surface area contributed by atoms with E-state index in [0.29, 0.717) is 5.02 Å². The zero-order valence-corrected chi connectivity index (χ0v) is 11.5. The van der Waals surface area contributed by atoms with E-state index < -0.39 is 12.4 Å². The summed E-state index contributed by atoms with van der Waals surface area (Å²) in [7, 11) is 0. The highest BCUT2D eigenvalue weighted by molar-refractivity contribution is 6.31. The predicted molar refractivity (Wildman–Crippen MR) is 76.4 cm³/mol. The van der Waals surface area contributed by atoms with Crippen molar-refractivity contribution in [3.8, 4) is 0 Å². The molecule has 0 aromatic heterocycles. The highest BCUT2D eigenvalue weighted by Gasteiger charge is 2.38. The van der Waals surface area contributed by atoms with Crippen LogP contribution in [0.15, 0.2) is 54.6 Å². The van der Waals surface area contributed by atoms with E-state index in [4.69, 9.17) is 21.1 Å². The van der Waals surface area contributed by atoms with Gasteiger partial charge in [0.05, 0.1) is 6.61 Å². The minimum Gasteiger partial charge on any atom is -0.394 e. The summed E-state index contributed by atoms with van der Waals surface area (Å²) in [5.74, 6) is 0. The van der Waals surface area contributed by atoms with Crippen LogP contribution in [0.4, 0.5) is 0 Å². The molecule has 4 heteroatoms. The highest BCUT2D eigenvalue weighted by atomic mass is 35.5. The molecule has 3 nitrogen and oxygen atoms in total. The first-order chi connectivity index (χ1) is 9.79. The first-order valence-corrected chi connectivity index (χ1v) is 6.88. The molecular weight excluding hydrogens is 276 g/mol.